The van der Waals surface area contributed by atoms with Crippen LogP contribution in [0.2, 0.25) is 0 Å². The number of nitrogens with one attached hydrogen (secondary N) is 1. The average molecular weight is 300 g/mol. The van der Waals surface area contributed by atoms with Crippen molar-refractivity contribution in [1.82, 2.24) is 14.8 Å². The van der Waals surface area contributed by atoms with Gasteiger partial charge in [0.25, 0.3) is 0 Å². The minimum absolute atomic E-state index is 0.227. The third kappa shape index (κ3) is 2.86. The summed E-state index contributed by atoms with van der Waals surface area (Å²) in [5, 5.41) is 8.01. The molecule has 0 saturated carbocycles. The summed E-state index contributed by atoms with van der Waals surface area (Å²) in [7, 11) is 1.66. The quantitative estimate of drug-likeness (QED) is 0.941. The highest BCUT2D eigenvalue weighted by Gasteiger charge is 2.28. The van der Waals surface area contributed by atoms with Gasteiger partial charge in [-0.1, -0.05) is 38.1 Å². The zero-order valence-electron chi connectivity index (χ0n) is 13.7. The summed E-state index contributed by atoms with van der Waals surface area (Å²) in [6.45, 7) is 7.06. The largest absolute Gasteiger partial charge is 0.377 e. The van der Waals surface area contributed by atoms with Crippen molar-refractivity contribution in [2.75, 3.05) is 12.4 Å². The van der Waals surface area contributed by atoms with Crippen LogP contribution in [0.25, 0.3) is 0 Å². The highest BCUT2D eigenvalue weighted by molar-refractivity contribution is 5.35. The van der Waals surface area contributed by atoms with E-state index >= 15 is 0 Å². The minimum atomic E-state index is 0.227. The van der Waals surface area contributed by atoms with Gasteiger partial charge in [0.1, 0.15) is 6.61 Å². The van der Waals surface area contributed by atoms with Crippen molar-refractivity contribution in [2.24, 2.45) is 0 Å². The van der Waals surface area contributed by atoms with E-state index in [1.807, 2.05) is 4.68 Å². The molecule has 1 aliphatic heterocycles. The molecule has 0 radical (unpaired) electrons. The fourth-order valence-electron chi connectivity index (χ4n) is 2.97. The number of anilines is 1. The van der Waals surface area contributed by atoms with E-state index in [2.05, 4.69) is 60.4 Å². The van der Waals surface area contributed by atoms with Crippen molar-refractivity contribution < 1.29 is 4.74 Å². The summed E-state index contributed by atoms with van der Waals surface area (Å²) in [6.07, 6.45) is 1.00. The van der Waals surface area contributed by atoms with Crippen LogP contribution in [0.1, 0.15) is 56.1 Å². The monoisotopic (exact) mass is 300 g/mol. The minimum Gasteiger partial charge on any atom is -0.377 e. The maximum absolute atomic E-state index is 5.15. The van der Waals surface area contributed by atoms with Crippen molar-refractivity contribution in [1.29, 1.82) is 0 Å². The number of aromatic nitrogens is 3. The Labute approximate surface area is 131 Å². The van der Waals surface area contributed by atoms with Crippen LogP contribution in [0.5, 0.6) is 0 Å². The van der Waals surface area contributed by atoms with Gasteiger partial charge in [-0.2, -0.15) is 10.1 Å². The molecule has 0 spiro atoms. The number of ether oxygens (including phenoxy) is 1. The van der Waals surface area contributed by atoms with Crippen LogP contribution in [-0.2, 0) is 11.3 Å². The molecule has 2 heterocycles. The number of nitrogens with zero attached hydrogens (tertiary/aromatic N) is 3. The van der Waals surface area contributed by atoms with E-state index in [1.165, 1.54) is 11.1 Å². The molecule has 5 nitrogen and oxygen atoms in total. The lowest BCUT2D eigenvalue weighted by Crippen LogP contribution is -2.31. The Kier molecular flexibility index (Phi) is 4.16. The molecule has 0 amide bonds. The van der Waals surface area contributed by atoms with Crippen LogP contribution in [0.15, 0.2) is 24.3 Å². The van der Waals surface area contributed by atoms with Crippen molar-refractivity contribution >= 4 is 5.95 Å². The second kappa shape index (κ2) is 6.08. The summed E-state index contributed by atoms with van der Waals surface area (Å²) in [4.78, 5) is 4.53. The van der Waals surface area contributed by atoms with Gasteiger partial charge >= 0.3 is 0 Å². The Balaban J connectivity index is 1.93. The summed E-state index contributed by atoms with van der Waals surface area (Å²) >= 11 is 0. The first-order chi connectivity index (χ1) is 10.6. The molecule has 1 N–H and O–H groups in total. The van der Waals surface area contributed by atoms with Crippen LogP contribution in [0, 0.1) is 0 Å². The summed E-state index contributed by atoms with van der Waals surface area (Å²) in [5.74, 6) is 2.11. The van der Waals surface area contributed by atoms with Gasteiger partial charge in [-0.05, 0) is 30.4 Å². The van der Waals surface area contributed by atoms with Crippen LogP contribution in [-0.4, -0.2) is 27.9 Å². The zero-order chi connectivity index (χ0) is 15.7. The molecule has 0 fully saturated rings. The van der Waals surface area contributed by atoms with Crippen LogP contribution < -0.4 is 5.32 Å². The van der Waals surface area contributed by atoms with Crippen LogP contribution >= 0.6 is 0 Å². The first kappa shape index (κ1) is 15.0. The molecule has 5 heteroatoms. The summed E-state index contributed by atoms with van der Waals surface area (Å²) in [5.41, 5.74) is 2.65. The molecular formula is C17H24N4O. The van der Waals surface area contributed by atoms with Gasteiger partial charge in [-0.15, -0.1) is 0 Å². The molecule has 0 bridgehead atoms. The van der Waals surface area contributed by atoms with E-state index in [9.17, 15) is 0 Å². The highest BCUT2D eigenvalue weighted by atomic mass is 16.5. The molecule has 0 aliphatic carbocycles. The van der Waals surface area contributed by atoms with Crippen molar-refractivity contribution in [3.05, 3.63) is 41.2 Å². The Bertz CT molecular complexity index is 633. The topological polar surface area (TPSA) is 52.0 Å². The second-order valence-corrected chi connectivity index (χ2v) is 6.35. The lowest BCUT2D eigenvalue weighted by Gasteiger charge is -2.29. The van der Waals surface area contributed by atoms with Gasteiger partial charge in [-0.25, -0.2) is 4.68 Å². The van der Waals surface area contributed by atoms with E-state index in [0.717, 1.165) is 18.2 Å². The summed E-state index contributed by atoms with van der Waals surface area (Å²) in [6, 6.07) is 9.49. The smallest absolute Gasteiger partial charge is 0.222 e. The number of benzene rings is 1. The zero-order valence-corrected chi connectivity index (χ0v) is 13.7. The summed E-state index contributed by atoms with van der Waals surface area (Å²) < 4.78 is 7.15. The molecular weight excluding hydrogens is 276 g/mol. The van der Waals surface area contributed by atoms with E-state index in [4.69, 9.17) is 4.74 Å². The van der Waals surface area contributed by atoms with Gasteiger partial charge in [0.2, 0.25) is 5.95 Å². The number of methoxy groups -OCH3 is 1. The predicted octanol–water partition coefficient (Wildman–Crippen LogP) is 3.34. The van der Waals surface area contributed by atoms with Crippen LogP contribution in [0.4, 0.5) is 5.95 Å². The molecule has 2 atom stereocenters. The maximum atomic E-state index is 5.15. The number of fused-ring (bicyclic) bond motifs is 1. The van der Waals surface area contributed by atoms with Crippen molar-refractivity contribution in [3.8, 4) is 0 Å². The third-order valence-electron chi connectivity index (χ3n) is 4.18. The number of hydrogen-bond donors (Lipinski definition) is 1. The van der Waals surface area contributed by atoms with Crippen molar-refractivity contribution in [2.45, 2.75) is 51.8 Å². The lowest BCUT2D eigenvalue weighted by atomic mass is 9.95. The number of hydrogen-bond acceptors (Lipinski definition) is 4. The van der Waals surface area contributed by atoms with Gasteiger partial charge < -0.3 is 10.1 Å². The second-order valence-electron chi connectivity index (χ2n) is 6.35. The molecule has 3 rings (SSSR count). The lowest BCUT2D eigenvalue weighted by molar-refractivity contribution is 0.177. The van der Waals surface area contributed by atoms with E-state index in [1.54, 1.807) is 7.11 Å². The molecule has 118 valence electrons. The molecule has 2 aromatic rings. The van der Waals surface area contributed by atoms with Gasteiger partial charge in [-0.3, -0.25) is 0 Å². The molecule has 0 unspecified atom stereocenters. The van der Waals surface area contributed by atoms with E-state index in [0.29, 0.717) is 18.6 Å². The van der Waals surface area contributed by atoms with Crippen molar-refractivity contribution in [3.63, 3.8) is 0 Å². The fraction of sp³-hybridized carbons (Fsp3) is 0.529. The molecule has 0 saturated heterocycles. The highest BCUT2D eigenvalue weighted by Crippen LogP contribution is 2.31. The molecule has 1 aromatic carbocycles. The van der Waals surface area contributed by atoms with Crippen LogP contribution in [0.3, 0.4) is 0 Å². The maximum Gasteiger partial charge on any atom is 0.222 e. The van der Waals surface area contributed by atoms with Gasteiger partial charge in [0, 0.05) is 13.2 Å². The molecule has 1 aromatic heterocycles. The Hall–Kier alpha value is -1.88. The predicted molar refractivity (Wildman–Crippen MR) is 87.1 cm³/mol. The Morgan fingerprint density at radius 1 is 1.32 bits per heavy atom. The van der Waals surface area contributed by atoms with Gasteiger partial charge in [0.05, 0.1) is 6.04 Å². The fourth-order valence-corrected chi connectivity index (χ4v) is 2.97. The standard InChI is InChI=1S/C17H24N4O/c1-11(2)13-5-7-14(8-6-13)15-9-12(3)18-17-19-16(10-22-4)20-21(15)17/h5-8,11-12,15H,9-10H2,1-4H3,(H,18,19,20)/t12-,15-/m0/s1. The van der Waals surface area contributed by atoms with Gasteiger partial charge in [0.15, 0.2) is 5.82 Å². The molecule has 1 aliphatic rings. The van der Waals surface area contributed by atoms with E-state index in [-0.39, 0.29) is 6.04 Å². The normalized spacial score (nSPS) is 20.8. The number of rotatable bonds is 4. The first-order valence-electron chi connectivity index (χ1n) is 7.89. The third-order valence-corrected chi connectivity index (χ3v) is 4.18. The SMILES string of the molecule is COCc1nc2n(n1)[C@H](c1ccc(C(C)C)cc1)C[C@H](C)N2. The van der Waals surface area contributed by atoms with E-state index < -0.39 is 0 Å². The Morgan fingerprint density at radius 2 is 2.05 bits per heavy atom. The Morgan fingerprint density at radius 3 is 2.68 bits per heavy atom. The first-order valence-corrected chi connectivity index (χ1v) is 7.89. The average Bonchev–Trinajstić information content (AvgIpc) is 2.89. The molecule has 22 heavy (non-hydrogen) atoms.